The van der Waals surface area contributed by atoms with Crippen molar-refractivity contribution in [2.45, 2.75) is 25.7 Å². The minimum absolute atomic E-state index is 0.0679. The van der Waals surface area contributed by atoms with Gasteiger partial charge in [0.1, 0.15) is 22.9 Å². The van der Waals surface area contributed by atoms with Gasteiger partial charge in [-0.2, -0.15) is 0 Å². The number of esters is 2. The van der Waals surface area contributed by atoms with Gasteiger partial charge in [0.2, 0.25) is 0 Å². The molecule has 0 radical (unpaired) electrons. The van der Waals surface area contributed by atoms with Crippen molar-refractivity contribution in [3.05, 3.63) is 90.9 Å². The van der Waals surface area contributed by atoms with Gasteiger partial charge in [0.15, 0.2) is 0 Å². The second-order valence-corrected chi connectivity index (χ2v) is 8.03. The molecule has 0 N–H and O–H groups in total. The number of aryl methyl sites for hydroxylation is 2. The molecule has 2 heterocycles. The van der Waals surface area contributed by atoms with Crippen LogP contribution in [-0.2, 0) is 31.9 Å². The summed E-state index contributed by atoms with van der Waals surface area (Å²) in [6, 6.07) is 11.2. The third kappa shape index (κ3) is 7.30. The van der Waals surface area contributed by atoms with Crippen molar-refractivity contribution < 1.29 is 28.5 Å². The average molecular weight is 519 g/mol. The lowest BCUT2D eigenvalue weighted by molar-refractivity contribution is -0.136. The van der Waals surface area contributed by atoms with Gasteiger partial charge < -0.3 is 18.9 Å². The molecule has 2 aromatic rings. The summed E-state index contributed by atoms with van der Waals surface area (Å²) in [4.78, 5) is 28.1. The van der Waals surface area contributed by atoms with Crippen LogP contribution in [0.3, 0.4) is 0 Å². The Bertz CT molecular complexity index is 1350. The van der Waals surface area contributed by atoms with Crippen LogP contribution in [0.5, 0.6) is 11.5 Å². The highest BCUT2D eigenvalue weighted by Crippen LogP contribution is 2.31. The second-order valence-electron chi connectivity index (χ2n) is 8.03. The van der Waals surface area contributed by atoms with Gasteiger partial charge in [-0.05, 0) is 77.7 Å². The minimum Gasteiger partial charge on any atom is -0.493 e. The summed E-state index contributed by atoms with van der Waals surface area (Å²) in [6.07, 6.45) is 6.80. The van der Waals surface area contributed by atoms with Gasteiger partial charge in [0.05, 0.1) is 27.4 Å². The molecule has 2 aliphatic heterocycles. The van der Waals surface area contributed by atoms with E-state index in [2.05, 4.69) is 29.5 Å². The van der Waals surface area contributed by atoms with Crippen LogP contribution in [0.25, 0.3) is 33.0 Å². The summed E-state index contributed by atoms with van der Waals surface area (Å²) >= 11 is 0. The summed E-state index contributed by atoms with van der Waals surface area (Å²) in [6.45, 7) is 1.38. The molecule has 0 aliphatic carbocycles. The highest BCUT2D eigenvalue weighted by atomic mass is 16.5. The highest BCUT2D eigenvalue weighted by Gasteiger charge is 2.15. The number of azide groups is 2. The predicted octanol–water partition coefficient (Wildman–Crippen LogP) is 5.67. The Hall–Kier alpha value is -4.92. The number of carbonyl (C=O) groups excluding carboxylic acids is 2. The zero-order valence-electron chi connectivity index (χ0n) is 21.0. The van der Waals surface area contributed by atoms with Crippen LogP contribution in [0.2, 0.25) is 0 Å². The number of benzene rings is 2. The van der Waals surface area contributed by atoms with Crippen molar-refractivity contribution >= 4 is 24.1 Å². The molecule has 0 amide bonds. The normalized spacial score (nSPS) is 13.8. The minimum atomic E-state index is -0.675. The van der Waals surface area contributed by atoms with Crippen molar-refractivity contribution in [3.63, 3.8) is 0 Å². The molecule has 0 spiro atoms. The number of rotatable bonds is 6. The lowest BCUT2D eigenvalue weighted by Crippen LogP contribution is -2.09. The molecule has 196 valence electrons. The number of methoxy groups -OCH3 is 2. The zero-order chi connectivity index (χ0) is 27.3. The van der Waals surface area contributed by atoms with Crippen molar-refractivity contribution in [2.75, 3.05) is 27.4 Å². The number of para-hydroxylation sites is 1. The second kappa shape index (κ2) is 14.0. The van der Waals surface area contributed by atoms with Crippen LogP contribution < -0.4 is 9.47 Å². The summed E-state index contributed by atoms with van der Waals surface area (Å²) < 4.78 is 20.2. The van der Waals surface area contributed by atoms with E-state index >= 15 is 0 Å². The molecule has 0 saturated heterocycles. The standard InChI is InChI=1S/2C13H13N3O3/c1-18-13(17)11(15-16-14)8-10-5-2-4-9-6-3-7-19-12(9)10;1-18-13(17)11(15-16-14)8-9-4-5-12-10(7-9)3-2-6-19-12/h2,4-5,8H,3,6-7H2,1H3;4-5,7-8H,2-3,6H2,1H3. The Balaban J connectivity index is 0.000000211. The number of nitrogens with zero attached hydrogens (tertiary/aromatic N) is 6. The van der Waals surface area contributed by atoms with E-state index in [1.807, 2.05) is 24.3 Å². The fourth-order valence-electron chi connectivity index (χ4n) is 3.87. The quantitative estimate of drug-likeness (QED) is 0.157. The first-order chi connectivity index (χ1) is 18.5. The topological polar surface area (TPSA) is 169 Å². The van der Waals surface area contributed by atoms with Crippen LogP contribution in [0, 0.1) is 0 Å². The molecular weight excluding hydrogens is 492 g/mol. The van der Waals surface area contributed by atoms with E-state index in [9.17, 15) is 9.59 Å². The van der Waals surface area contributed by atoms with Crippen molar-refractivity contribution in [1.82, 2.24) is 0 Å². The summed E-state index contributed by atoms with van der Waals surface area (Å²) in [7, 11) is 2.48. The summed E-state index contributed by atoms with van der Waals surface area (Å²) in [5.41, 5.74) is 20.4. The van der Waals surface area contributed by atoms with Crippen LogP contribution in [0.1, 0.15) is 35.1 Å². The number of carbonyl (C=O) groups is 2. The monoisotopic (exact) mass is 518 g/mol. The van der Waals surface area contributed by atoms with Crippen LogP contribution in [0.15, 0.2) is 58.0 Å². The maximum absolute atomic E-state index is 11.5. The molecule has 2 aliphatic rings. The first-order valence-electron chi connectivity index (χ1n) is 11.7. The first kappa shape index (κ1) is 27.7. The van der Waals surface area contributed by atoms with Crippen molar-refractivity contribution in [2.24, 2.45) is 10.2 Å². The van der Waals surface area contributed by atoms with Gasteiger partial charge in [0.25, 0.3) is 0 Å². The molecule has 38 heavy (non-hydrogen) atoms. The van der Waals surface area contributed by atoms with Gasteiger partial charge >= 0.3 is 11.9 Å². The zero-order valence-corrected chi connectivity index (χ0v) is 21.0. The SMILES string of the molecule is COC(=O)C(=Cc1ccc2c(c1)CCCO2)N=[N+]=[N-].COC(=O)C(=Cc1cccc2c1OCCC2)N=[N+]=[N-]. The molecule has 0 unspecified atom stereocenters. The highest BCUT2D eigenvalue weighted by molar-refractivity contribution is 5.94. The maximum atomic E-state index is 11.5. The number of hydrogen-bond acceptors (Lipinski definition) is 8. The average Bonchev–Trinajstić information content (AvgIpc) is 2.96. The maximum Gasteiger partial charge on any atom is 0.340 e. The third-order valence-electron chi connectivity index (χ3n) is 5.59. The molecule has 0 bridgehead atoms. The molecule has 0 atom stereocenters. The lowest BCUT2D eigenvalue weighted by atomic mass is 10.0. The molecular formula is C26H26N6O6. The summed E-state index contributed by atoms with van der Waals surface area (Å²) in [5.74, 6) is 0.271. The number of ether oxygens (including phenoxy) is 4. The van der Waals surface area contributed by atoms with Gasteiger partial charge in [-0.3, -0.25) is 0 Å². The van der Waals surface area contributed by atoms with Gasteiger partial charge in [-0.15, -0.1) is 0 Å². The molecule has 2 aromatic carbocycles. The van der Waals surface area contributed by atoms with Gasteiger partial charge in [-0.25, -0.2) is 9.59 Å². The van der Waals surface area contributed by atoms with E-state index < -0.39 is 11.9 Å². The van der Waals surface area contributed by atoms with Crippen molar-refractivity contribution in [1.29, 1.82) is 0 Å². The Morgan fingerprint density at radius 1 is 0.868 bits per heavy atom. The fraction of sp³-hybridized carbons (Fsp3) is 0.308. The van der Waals surface area contributed by atoms with E-state index in [-0.39, 0.29) is 11.4 Å². The molecule has 0 fully saturated rings. The third-order valence-corrected chi connectivity index (χ3v) is 5.59. The summed E-state index contributed by atoms with van der Waals surface area (Å²) in [5, 5.41) is 6.69. The fourth-order valence-corrected chi connectivity index (χ4v) is 3.87. The Morgan fingerprint density at radius 3 is 2.16 bits per heavy atom. The molecule has 0 aromatic heterocycles. The Kier molecular flexibility index (Phi) is 10.2. The largest absolute Gasteiger partial charge is 0.493 e. The first-order valence-corrected chi connectivity index (χ1v) is 11.7. The van der Waals surface area contributed by atoms with Crippen molar-refractivity contribution in [3.8, 4) is 11.5 Å². The Labute approximate surface area is 218 Å². The van der Waals surface area contributed by atoms with E-state index in [1.54, 1.807) is 12.1 Å². The smallest absolute Gasteiger partial charge is 0.340 e. The Morgan fingerprint density at radius 2 is 1.50 bits per heavy atom. The number of fused-ring (bicyclic) bond motifs is 2. The van der Waals surface area contributed by atoms with E-state index in [0.717, 1.165) is 60.5 Å². The molecule has 0 saturated carbocycles. The van der Waals surface area contributed by atoms with Crippen LogP contribution in [-0.4, -0.2) is 39.4 Å². The van der Waals surface area contributed by atoms with Gasteiger partial charge in [0, 0.05) is 15.4 Å². The molecule has 4 rings (SSSR count). The van der Waals surface area contributed by atoms with Gasteiger partial charge in [-0.1, -0.05) is 34.5 Å². The predicted molar refractivity (Wildman–Crippen MR) is 139 cm³/mol. The number of hydrogen-bond donors (Lipinski definition) is 0. The van der Waals surface area contributed by atoms with E-state index in [1.165, 1.54) is 26.4 Å². The van der Waals surface area contributed by atoms with Crippen LogP contribution >= 0.6 is 0 Å². The molecule has 12 heteroatoms. The van der Waals surface area contributed by atoms with Crippen LogP contribution in [0.4, 0.5) is 0 Å². The van der Waals surface area contributed by atoms with E-state index in [0.29, 0.717) is 12.2 Å². The lowest BCUT2D eigenvalue weighted by Gasteiger charge is -2.19. The molecule has 12 nitrogen and oxygen atoms in total. The van der Waals surface area contributed by atoms with E-state index in [4.69, 9.17) is 20.5 Å².